The normalized spacial score (nSPS) is 17.5. The average molecular weight is 346 g/mol. The van der Waals surface area contributed by atoms with Crippen molar-refractivity contribution in [3.05, 3.63) is 23.6 Å². The van der Waals surface area contributed by atoms with Crippen LogP contribution in [0, 0.1) is 12.3 Å². The Hall–Kier alpha value is -2.25. The van der Waals surface area contributed by atoms with Gasteiger partial charge < -0.3 is 9.42 Å². The summed E-state index contributed by atoms with van der Waals surface area (Å²) in [5, 5.41) is 11.9. The van der Waals surface area contributed by atoms with Crippen molar-refractivity contribution in [2.24, 2.45) is 5.41 Å². The first-order valence-corrected chi connectivity index (χ1v) is 9.04. The molecule has 3 rings (SSSR count). The molecule has 3 heterocycles. The summed E-state index contributed by atoms with van der Waals surface area (Å²) in [6.45, 7) is 8.17. The Bertz CT molecular complexity index is 718. The molecule has 0 atom stereocenters. The second-order valence-corrected chi connectivity index (χ2v) is 6.88. The first kappa shape index (κ1) is 17.6. The summed E-state index contributed by atoms with van der Waals surface area (Å²) in [7, 11) is 0. The molecular weight excluding hydrogens is 320 g/mol. The van der Waals surface area contributed by atoms with Crippen LogP contribution in [0.1, 0.15) is 68.2 Å². The molecule has 0 N–H and O–H groups in total. The molecule has 0 spiro atoms. The molecule has 136 valence electrons. The van der Waals surface area contributed by atoms with Gasteiger partial charge in [0, 0.05) is 20.0 Å². The van der Waals surface area contributed by atoms with Crippen LogP contribution in [0.2, 0.25) is 0 Å². The van der Waals surface area contributed by atoms with Gasteiger partial charge in [0.15, 0.2) is 11.5 Å². The van der Waals surface area contributed by atoms with Crippen LogP contribution >= 0.6 is 0 Å². The lowest BCUT2D eigenvalue weighted by atomic mass is 9.76. The van der Waals surface area contributed by atoms with Gasteiger partial charge in [-0.2, -0.15) is 4.98 Å². The van der Waals surface area contributed by atoms with Gasteiger partial charge in [0.2, 0.25) is 5.89 Å². The van der Waals surface area contributed by atoms with Crippen molar-refractivity contribution in [1.82, 2.24) is 30.0 Å². The summed E-state index contributed by atoms with van der Waals surface area (Å²) in [4.78, 5) is 18.8. The summed E-state index contributed by atoms with van der Waals surface area (Å²) >= 11 is 0. The predicted molar refractivity (Wildman–Crippen MR) is 90.9 cm³/mol. The number of aromatic nitrogens is 5. The zero-order chi connectivity index (χ0) is 17.9. The van der Waals surface area contributed by atoms with Crippen molar-refractivity contribution in [3.63, 3.8) is 0 Å². The van der Waals surface area contributed by atoms with E-state index in [1.54, 1.807) is 17.8 Å². The minimum absolute atomic E-state index is 0.0430. The van der Waals surface area contributed by atoms with Crippen LogP contribution in [0.25, 0.3) is 0 Å². The second kappa shape index (κ2) is 7.33. The molecule has 0 saturated carbocycles. The van der Waals surface area contributed by atoms with Crippen LogP contribution in [0.15, 0.2) is 10.7 Å². The minimum Gasteiger partial charge on any atom is -0.340 e. The quantitative estimate of drug-likeness (QED) is 0.826. The fourth-order valence-corrected chi connectivity index (χ4v) is 3.60. The van der Waals surface area contributed by atoms with Crippen molar-refractivity contribution >= 4 is 5.91 Å². The van der Waals surface area contributed by atoms with Gasteiger partial charge >= 0.3 is 0 Å². The average Bonchev–Trinajstić information content (AvgIpc) is 3.18. The number of likely N-dealkylation sites (tertiary alicyclic amines) is 1. The minimum atomic E-state index is -0.0430. The first-order valence-electron chi connectivity index (χ1n) is 9.04. The summed E-state index contributed by atoms with van der Waals surface area (Å²) < 4.78 is 6.51. The van der Waals surface area contributed by atoms with Crippen molar-refractivity contribution in [2.45, 2.75) is 59.4 Å². The fraction of sp³-hybridized carbons (Fsp3) is 0.706. The van der Waals surface area contributed by atoms with E-state index in [1.165, 1.54) is 19.3 Å². The Balaban J connectivity index is 1.65. The molecule has 1 amide bonds. The van der Waals surface area contributed by atoms with E-state index in [0.717, 1.165) is 25.9 Å². The third-order valence-electron chi connectivity index (χ3n) is 5.47. The molecule has 0 aliphatic carbocycles. The number of aryl methyl sites for hydroxylation is 1. The maximum Gasteiger partial charge on any atom is 0.276 e. The van der Waals surface area contributed by atoms with E-state index < -0.39 is 0 Å². The Morgan fingerprint density at radius 1 is 1.28 bits per heavy atom. The van der Waals surface area contributed by atoms with E-state index >= 15 is 0 Å². The largest absolute Gasteiger partial charge is 0.340 e. The Labute approximate surface area is 147 Å². The van der Waals surface area contributed by atoms with E-state index in [9.17, 15) is 4.79 Å². The van der Waals surface area contributed by atoms with E-state index in [2.05, 4.69) is 34.3 Å². The molecule has 8 heteroatoms. The van der Waals surface area contributed by atoms with Crippen molar-refractivity contribution in [3.8, 4) is 0 Å². The number of hydrogen-bond acceptors (Lipinski definition) is 6. The number of hydrogen-bond donors (Lipinski definition) is 0. The molecule has 2 aromatic heterocycles. The number of rotatable bonds is 5. The Kier molecular flexibility index (Phi) is 5.15. The van der Waals surface area contributed by atoms with Gasteiger partial charge in [-0.15, -0.1) is 5.10 Å². The van der Waals surface area contributed by atoms with Gasteiger partial charge in [-0.25, -0.2) is 4.68 Å². The van der Waals surface area contributed by atoms with E-state index in [1.807, 2.05) is 4.90 Å². The third kappa shape index (κ3) is 3.88. The molecule has 1 aliphatic heterocycles. The summed E-state index contributed by atoms with van der Waals surface area (Å²) in [5.41, 5.74) is 0.754. The maximum atomic E-state index is 12.8. The lowest BCUT2D eigenvalue weighted by molar-refractivity contribution is 0.0748. The molecule has 0 bridgehead atoms. The molecule has 1 saturated heterocycles. The molecular formula is C17H26N6O2. The van der Waals surface area contributed by atoms with Gasteiger partial charge in [-0.3, -0.25) is 4.79 Å². The van der Waals surface area contributed by atoms with Gasteiger partial charge in [0.05, 0.1) is 6.20 Å². The van der Waals surface area contributed by atoms with Gasteiger partial charge in [0.25, 0.3) is 5.91 Å². The third-order valence-corrected chi connectivity index (χ3v) is 5.47. The van der Waals surface area contributed by atoms with Crippen LogP contribution in [0.5, 0.6) is 0 Å². The molecule has 1 aliphatic rings. The molecule has 0 radical (unpaired) electrons. The van der Waals surface area contributed by atoms with E-state index in [0.29, 0.717) is 29.4 Å². The summed E-state index contributed by atoms with van der Waals surface area (Å²) in [6, 6.07) is 0. The SMILES string of the molecule is CCC1(CC)CCCN(C(=O)c2cn(Cc3noc(C)n3)nn2)CC1. The van der Waals surface area contributed by atoms with Crippen LogP contribution in [0.4, 0.5) is 0 Å². The molecule has 8 nitrogen and oxygen atoms in total. The molecule has 0 aromatic carbocycles. The second-order valence-electron chi connectivity index (χ2n) is 6.88. The highest BCUT2D eigenvalue weighted by Gasteiger charge is 2.31. The van der Waals surface area contributed by atoms with Gasteiger partial charge in [0.1, 0.15) is 6.54 Å². The van der Waals surface area contributed by atoms with Gasteiger partial charge in [-0.1, -0.05) is 37.1 Å². The lowest BCUT2D eigenvalue weighted by Gasteiger charge is -2.30. The highest BCUT2D eigenvalue weighted by Crippen LogP contribution is 2.38. The fourth-order valence-electron chi connectivity index (χ4n) is 3.60. The standard InChI is InChI=1S/C17H26N6O2/c1-4-17(5-2)7-6-9-22(10-8-17)16(24)14-11-23(21-19-14)12-15-18-13(3)25-20-15/h11H,4-10,12H2,1-3H3. The van der Waals surface area contributed by atoms with Gasteiger partial charge in [-0.05, 0) is 24.7 Å². The van der Waals surface area contributed by atoms with Crippen LogP contribution in [-0.2, 0) is 6.54 Å². The molecule has 1 fully saturated rings. The predicted octanol–water partition coefficient (Wildman–Crippen LogP) is 2.45. The number of carbonyl (C=O) groups is 1. The zero-order valence-electron chi connectivity index (χ0n) is 15.2. The van der Waals surface area contributed by atoms with Crippen molar-refractivity contribution < 1.29 is 9.32 Å². The summed E-state index contributed by atoms with van der Waals surface area (Å²) in [5.74, 6) is 0.983. The Morgan fingerprint density at radius 3 is 2.76 bits per heavy atom. The summed E-state index contributed by atoms with van der Waals surface area (Å²) in [6.07, 6.45) is 7.29. The smallest absolute Gasteiger partial charge is 0.276 e. The molecule has 0 unspecified atom stereocenters. The monoisotopic (exact) mass is 346 g/mol. The van der Waals surface area contributed by atoms with E-state index in [4.69, 9.17) is 4.52 Å². The number of carbonyl (C=O) groups excluding carboxylic acids is 1. The lowest BCUT2D eigenvalue weighted by Crippen LogP contribution is -2.33. The van der Waals surface area contributed by atoms with Crippen LogP contribution in [-0.4, -0.2) is 49.0 Å². The van der Waals surface area contributed by atoms with Crippen molar-refractivity contribution in [1.29, 1.82) is 0 Å². The maximum absolute atomic E-state index is 12.8. The zero-order valence-corrected chi connectivity index (χ0v) is 15.2. The molecule has 2 aromatic rings. The van der Waals surface area contributed by atoms with Crippen LogP contribution < -0.4 is 0 Å². The number of nitrogens with zero attached hydrogens (tertiary/aromatic N) is 6. The first-order chi connectivity index (χ1) is 12.0. The van der Waals surface area contributed by atoms with Crippen LogP contribution in [0.3, 0.4) is 0 Å². The Morgan fingerprint density at radius 2 is 2.08 bits per heavy atom. The van der Waals surface area contributed by atoms with E-state index in [-0.39, 0.29) is 5.91 Å². The number of amides is 1. The molecule has 25 heavy (non-hydrogen) atoms. The highest BCUT2D eigenvalue weighted by molar-refractivity contribution is 5.91. The highest BCUT2D eigenvalue weighted by atomic mass is 16.5. The topological polar surface area (TPSA) is 89.9 Å². The van der Waals surface area contributed by atoms with Crippen molar-refractivity contribution in [2.75, 3.05) is 13.1 Å².